The number of carbonyl (C=O) groups is 2. The largest absolute Gasteiger partial charge is 0.391 e. The Kier molecular flexibility index (Phi) is 7.36. The van der Waals surface area contributed by atoms with E-state index in [1.807, 2.05) is 69.8 Å². The molecule has 3 atom stereocenters. The standard InChI is InChI=1S/C24H35N5O3/c1-6-26-21(24(2,3)4)23(32)29-14-18(30)11-19(29)22(31)27-12-16-7-9-17(10-8-16)20-13-25-15-28(20)5/h7-10,13,15,18-19,21,26,30H,6,11-12,14H2,1-5H3,(H,27,31)/t18-,19+,21-/m1/s1. The van der Waals surface area contributed by atoms with Crippen LogP contribution in [0.2, 0.25) is 0 Å². The zero-order valence-electron chi connectivity index (χ0n) is 19.6. The second kappa shape index (κ2) is 9.83. The minimum absolute atomic E-state index is 0.142. The van der Waals surface area contributed by atoms with Gasteiger partial charge in [-0.3, -0.25) is 9.59 Å². The number of aliphatic hydroxyl groups excluding tert-OH is 1. The van der Waals surface area contributed by atoms with Gasteiger partial charge in [-0.25, -0.2) is 4.98 Å². The van der Waals surface area contributed by atoms with E-state index in [0.29, 0.717) is 13.1 Å². The molecule has 1 aliphatic heterocycles. The molecule has 8 nitrogen and oxygen atoms in total. The maximum atomic E-state index is 13.3. The van der Waals surface area contributed by atoms with Gasteiger partial charge in [-0.05, 0) is 23.1 Å². The normalized spacial score (nSPS) is 19.8. The number of amides is 2. The highest BCUT2D eigenvalue weighted by Gasteiger charge is 2.43. The summed E-state index contributed by atoms with van der Waals surface area (Å²) < 4.78 is 1.95. The first-order chi connectivity index (χ1) is 15.1. The lowest BCUT2D eigenvalue weighted by Crippen LogP contribution is -2.56. The number of aromatic nitrogens is 2. The number of likely N-dealkylation sites (N-methyl/N-ethyl adjacent to an activating group) is 1. The van der Waals surface area contributed by atoms with Crippen LogP contribution in [0, 0.1) is 5.41 Å². The van der Waals surface area contributed by atoms with Gasteiger partial charge in [0, 0.05) is 26.6 Å². The van der Waals surface area contributed by atoms with E-state index in [1.165, 1.54) is 4.90 Å². The fourth-order valence-corrected chi connectivity index (χ4v) is 4.18. The minimum Gasteiger partial charge on any atom is -0.391 e. The average Bonchev–Trinajstić information content (AvgIpc) is 3.35. The molecule has 1 saturated heterocycles. The van der Waals surface area contributed by atoms with Gasteiger partial charge in [0.25, 0.3) is 0 Å². The lowest BCUT2D eigenvalue weighted by Gasteiger charge is -2.35. The highest BCUT2D eigenvalue weighted by molar-refractivity contribution is 5.91. The summed E-state index contributed by atoms with van der Waals surface area (Å²) in [6.45, 7) is 9.12. The topological polar surface area (TPSA) is 99.5 Å². The predicted octanol–water partition coefficient (Wildman–Crippen LogP) is 1.69. The maximum absolute atomic E-state index is 13.3. The van der Waals surface area contributed by atoms with E-state index in [2.05, 4.69) is 15.6 Å². The third-order valence-corrected chi connectivity index (χ3v) is 5.92. The van der Waals surface area contributed by atoms with Crippen molar-refractivity contribution < 1.29 is 14.7 Å². The summed E-state index contributed by atoms with van der Waals surface area (Å²) in [5.74, 6) is -0.383. The first-order valence-electron chi connectivity index (χ1n) is 11.2. The molecule has 174 valence electrons. The van der Waals surface area contributed by atoms with Crippen molar-refractivity contribution in [2.24, 2.45) is 12.5 Å². The van der Waals surface area contributed by atoms with Crippen molar-refractivity contribution in [1.29, 1.82) is 0 Å². The van der Waals surface area contributed by atoms with Crippen molar-refractivity contribution >= 4 is 11.8 Å². The maximum Gasteiger partial charge on any atom is 0.243 e. The number of hydrogen-bond acceptors (Lipinski definition) is 5. The Bertz CT molecular complexity index is 932. The molecule has 8 heteroatoms. The van der Waals surface area contributed by atoms with Crippen molar-refractivity contribution in [2.45, 2.75) is 58.8 Å². The van der Waals surface area contributed by atoms with E-state index in [-0.39, 0.29) is 30.2 Å². The smallest absolute Gasteiger partial charge is 0.243 e. The van der Waals surface area contributed by atoms with Crippen LogP contribution in [0.25, 0.3) is 11.3 Å². The van der Waals surface area contributed by atoms with E-state index < -0.39 is 18.2 Å². The Morgan fingerprint density at radius 3 is 2.50 bits per heavy atom. The molecule has 0 spiro atoms. The van der Waals surface area contributed by atoms with Gasteiger partial charge in [0.05, 0.1) is 30.4 Å². The molecule has 1 aromatic carbocycles. The zero-order valence-corrected chi connectivity index (χ0v) is 19.6. The quantitative estimate of drug-likeness (QED) is 0.607. The summed E-state index contributed by atoms with van der Waals surface area (Å²) in [4.78, 5) is 31.9. The first-order valence-corrected chi connectivity index (χ1v) is 11.2. The number of aryl methyl sites for hydroxylation is 1. The molecule has 32 heavy (non-hydrogen) atoms. The third-order valence-electron chi connectivity index (χ3n) is 5.92. The average molecular weight is 442 g/mol. The molecular formula is C24H35N5O3. The minimum atomic E-state index is -0.699. The van der Waals surface area contributed by atoms with Gasteiger partial charge in [0.1, 0.15) is 6.04 Å². The molecule has 0 unspecified atom stereocenters. The number of nitrogens with one attached hydrogen (secondary N) is 2. The van der Waals surface area contributed by atoms with Crippen LogP contribution in [0.15, 0.2) is 36.8 Å². The number of benzene rings is 1. The van der Waals surface area contributed by atoms with E-state index in [4.69, 9.17) is 0 Å². The lowest BCUT2D eigenvalue weighted by atomic mass is 9.85. The fourth-order valence-electron chi connectivity index (χ4n) is 4.18. The molecule has 1 aliphatic rings. The Morgan fingerprint density at radius 1 is 1.25 bits per heavy atom. The van der Waals surface area contributed by atoms with Crippen molar-refractivity contribution in [3.63, 3.8) is 0 Å². The molecule has 0 bridgehead atoms. The van der Waals surface area contributed by atoms with Crippen LogP contribution in [-0.2, 0) is 23.2 Å². The highest BCUT2D eigenvalue weighted by atomic mass is 16.3. The molecule has 2 aromatic rings. The molecule has 1 aromatic heterocycles. The molecule has 1 fully saturated rings. The summed E-state index contributed by atoms with van der Waals surface area (Å²) in [6, 6.07) is 6.84. The third kappa shape index (κ3) is 5.37. The zero-order chi connectivity index (χ0) is 23.5. The van der Waals surface area contributed by atoms with Crippen LogP contribution in [0.5, 0.6) is 0 Å². The van der Waals surface area contributed by atoms with E-state index >= 15 is 0 Å². The molecule has 0 radical (unpaired) electrons. The SMILES string of the molecule is CCN[C@H](C(=O)N1C[C@H](O)C[C@H]1C(=O)NCc1ccc(-c2cncn2C)cc1)C(C)(C)C. The summed E-state index contributed by atoms with van der Waals surface area (Å²) in [7, 11) is 1.94. The highest BCUT2D eigenvalue weighted by Crippen LogP contribution is 2.26. The van der Waals surface area contributed by atoms with Crippen LogP contribution in [0.1, 0.15) is 39.7 Å². The van der Waals surface area contributed by atoms with E-state index in [1.54, 1.807) is 6.33 Å². The van der Waals surface area contributed by atoms with Crippen LogP contribution in [0.4, 0.5) is 0 Å². The van der Waals surface area contributed by atoms with Gasteiger partial charge in [-0.15, -0.1) is 0 Å². The van der Waals surface area contributed by atoms with Gasteiger partial charge in [-0.2, -0.15) is 0 Å². The van der Waals surface area contributed by atoms with Crippen molar-refractivity contribution in [2.75, 3.05) is 13.1 Å². The number of likely N-dealkylation sites (tertiary alicyclic amines) is 1. The number of imidazole rings is 1. The Morgan fingerprint density at radius 2 is 1.94 bits per heavy atom. The Hall–Kier alpha value is -2.71. The molecule has 0 saturated carbocycles. The number of hydrogen-bond donors (Lipinski definition) is 3. The molecule has 2 heterocycles. The summed E-state index contributed by atoms with van der Waals surface area (Å²) in [5.41, 5.74) is 2.72. The molecular weight excluding hydrogens is 406 g/mol. The van der Waals surface area contributed by atoms with E-state index in [9.17, 15) is 14.7 Å². The first kappa shape index (κ1) is 23.9. The molecule has 0 aliphatic carbocycles. The number of nitrogens with zero attached hydrogens (tertiary/aromatic N) is 3. The Labute approximate surface area is 190 Å². The number of carbonyl (C=O) groups excluding carboxylic acids is 2. The van der Waals surface area contributed by atoms with Crippen molar-refractivity contribution in [1.82, 2.24) is 25.1 Å². The van der Waals surface area contributed by atoms with Crippen molar-refractivity contribution in [3.8, 4) is 11.3 Å². The monoisotopic (exact) mass is 441 g/mol. The number of rotatable bonds is 7. The molecule has 3 rings (SSSR count). The van der Waals surface area contributed by atoms with Crippen LogP contribution < -0.4 is 10.6 Å². The van der Waals surface area contributed by atoms with Gasteiger partial charge < -0.3 is 25.2 Å². The fraction of sp³-hybridized carbons (Fsp3) is 0.542. The van der Waals surface area contributed by atoms with Gasteiger partial charge in [0.15, 0.2) is 0 Å². The van der Waals surface area contributed by atoms with Gasteiger partial charge >= 0.3 is 0 Å². The van der Waals surface area contributed by atoms with Gasteiger partial charge in [-0.1, -0.05) is 52.0 Å². The van der Waals surface area contributed by atoms with Crippen molar-refractivity contribution in [3.05, 3.63) is 42.4 Å². The second-order valence-electron chi connectivity index (χ2n) is 9.56. The van der Waals surface area contributed by atoms with Crippen LogP contribution >= 0.6 is 0 Å². The Balaban J connectivity index is 1.65. The summed E-state index contributed by atoms with van der Waals surface area (Å²) >= 11 is 0. The van der Waals surface area contributed by atoms with Crippen LogP contribution in [0.3, 0.4) is 0 Å². The van der Waals surface area contributed by atoms with Crippen LogP contribution in [-0.4, -0.2) is 62.6 Å². The number of β-amino-alcohol motifs (C(OH)–C–C–N with tert-alkyl or cyclic N) is 1. The lowest BCUT2D eigenvalue weighted by molar-refractivity contribution is -0.142. The summed E-state index contributed by atoms with van der Waals surface area (Å²) in [5, 5.41) is 16.4. The predicted molar refractivity (Wildman–Crippen MR) is 124 cm³/mol. The second-order valence-corrected chi connectivity index (χ2v) is 9.56. The number of aliphatic hydroxyl groups is 1. The van der Waals surface area contributed by atoms with Gasteiger partial charge in [0.2, 0.25) is 11.8 Å². The molecule has 3 N–H and O–H groups in total. The summed E-state index contributed by atoms with van der Waals surface area (Å²) in [6.07, 6.45) is 3.12. The molecule has 2 amide bonds. The van der Waals surface area contributed by atoms with E-state index in [0.717, 1.165) is 16.8 Å².